The number of alkyl carbamates (subject to hydrolysis) is 1. The molecular weight excluding hydrogens is 731 g/mol. The highest BCUT2D eigenvalue weighted by Crippen LogP contribution is 2.58. The minimum Gasteiger partial charge on any atom is -0.453 e. The van der Waals surface area contributed by atoms with E-state index in [-0.39, 0.29) is 41.5 Å². The molecule has 2 bridgehead atoms. The Morgan fingerprint density at radius 3 is 2.14 bits per heavy atom. The Bertz CT molecular complexity index is 2370. The number of aromatic amines is 2. The molecule has 4 fully saturated rings. The first-order valence-electron chi connectivity index (χ1n) is 20.7. The number of aromatic nitrogens is 4. The number of hydrogen-bond acceptors (Lipinski definition) is 7. The second kappa shape index (κ2) is 14.3. The minimum atomic E-state index is -0.678. The summed E-state index contributed by atoms with van der Waals surface area (Å²) in [5.74, 6) is 1.78. The molecule has 3 amide bonds. The summed E-state index contributed by atoms with van der Waals surface area (Å²) in [6.07, 6.45) is 9.02. The molecule has 4 heterocycles. The molecule has 2 aliphatic heterocycles. The van der Waals surface area contributed by atoms with Crippen molar-refractivity contribution < 1.29 is 23.9 Å². The predicted octanol–water partition coefficient (Wildman–Crippen LogP) is 9.18. The van der Waals surface area contributed by atoms with Gasteiger partial charge in [-0.25, -0.2) is 19.6 Å². The molecule has 9 rings (SSSR count). The van der Waals surface area contributed by atoms with Crippen molar-refractivity contribution in [1.29, 1.82) is 0 Å². The third-order valence-corrected chi connectivity index (χ3v) is 12.8. The van der Waals surface area contributed by atoms with Crippen molar-refractivity contribution in [2.75, 3.05) is 13.7 Å². The van der Waals surface area contributed by atoms with Gasteiger partial charge < -0.3 is 29.7 Å². The summed E-state index contributed by atoms with van der Waals surface area (Å²) in [4.78, 5) is 59.8. The smallest absolute Gasteiger partial charge is 0.411 e. The topological polar surface area (TPSA) is 146 Å². The lowest BCUT2D eigenvalue weighted by Crippen LogP contribution is -2.51. The second-order valence-electron chi connectivity index (χ2n) is 18.3. The number of carbonyl (C=O) groups excluding carboxylic acids is 3. The van der Waals surface area contributed by atoms with Gasteiger partial charge in [0.15, 0.2) is 0 Å². The van der Waals surface area contributed by atoms with Gasteiger partial charge in [-0.15, -0.1) is 0 Å². The van der Waals surface area contributed by atoms with E-state index in [1.54, 1.807) is 0 Å². The minimum absolute atomic E-state index is 0.0961. The number of likely N-dealkylation sites (tertiary alicyclic amines) is 2. The third kappa shape index (κ3) is 7.11. The van der Waals surface area contributed by atoms with Crippen molar-refractivity contribution in [2.24, 2.45) is 17.3 Å². The molecule has 5 aromatic rings. The van der Waals surface area contributed by atoms with Crippen LogP contribution >= 0.6 is 0 Å². The highest BCUT2D eigenvalue weighted by atomic mass is 16.6. The maximum Gasteiger partial charge on any atom is 0.411 e. The van der Waals surface area contributed by atoms with Gasteiger partial charge in [-0.2, -0.15) is 0 Å². The van der Waals surface area contributed by atoms with Gasteiger partial charge in [0, 0.05) is 18.2 Å². The lowest BCUT2D eigenvalue weighted by molar-refractivity contribution is -0.135. The molecule has 2 saturated heterocycles. The Morgan fingerprint density at radius 2 is 1.47 bits per heavy atom. The van der Waals surface area contributed by atoms with E-state index in [1.807, 2.05) is 56.8 Å². The van der Waals surface area contributed by atoms with Crippen LogP contribution in [0.3, 0.4) is 0 Å². The van der Waals surface area contributed by atoms with Crippen LogP contribution in [0.25, 0.3) is 44.4 Å². The standard InChI is InChI=1S/C46H53N7O5/c1-26(2)38(51-43(55)57-6)42(54)52-25-46(17-18-46)22-37(52)40-47-24-36(49-40)32-14-13-30-19-29(11-12-31(30)20-32)27-7-9-28(10-8-27)35-23-48-41(50-35)39-33-15-16-34(21-33)53(39)44(56)58-45(3,4)5/h7-14,19-20,23-24,26,33-34,37-39H,15-18,21-22,25H2,1-6H3,(H,47,49)(H,48,50)(H,51,55)/t33-,34-,37+,38+,39+/m1/s1. The Kier molecular flexibility index (Phi) is 9.36. The molecule has 302 valence electrons. The maximum atomic E-state index is 13.9. The van der Waals surface area contributed by atoms with Gasteiger partial charge in [-0.05, 0) is 116 Å². The molecule has 5 atom stereocenters. The van der Waals surface area contributed by atoms with Gasteiger partial charge in [-0.1, -0.05) is 62.4 Å². The van der Waals surface area contributed by atoms with E-state index < -0.39 is 17.7 Å². The van der Waals surface area contributed by atoms with Crippen molar-refractivity contribution in [1.82, 2.24) is 35.1 Å². The largest absolute Gasteiger partial charge is 0.453 e. The fraction of sp³-hybridized carbons (Fsp3) is 0.457. The zero-order valence-electron chi connectivity index (χ0n) is 34.2. The van der Waals surface area contributed by atoms with E-state index in [2.05, 4.69) is 75.9 Å². The van der Waals surface area contributed by atoms with Gasteiger partial charge in [-0.3, -0.25) is 9.69 Å². The van der Waals surface area contributed by atoms with Crippen molar-refractivity contribution in [3.63, 3.8) is 0 Å². The van der Waals surface area contributed by atoms with Crippen LogP contribution in [0, 0.1) is 17.3 Å². The summed E-state index contributed by atoms with van der Waals surface area (Å²) in [6.45, 7) is 10.3. The van der Waals surface area contributed by atoms with Crippen LogP contribution < -0.4 is 5.32 Å². The average Bonchev–Trinajstić information content (AvgIpc) is 3.83. The van der Waals surface area contributed by atoms with Crippen molar-refractivity contribution >= 4 is 28.9 Å². The van der Waals surface area contributed by atoms with E-state index >= 15 is 0 Å². The summed E-state index contributed by atoms with van der Waals surface area (Å²) in [5.41, 5.74) is 5.70. The summed E-state index contributed by atoms with van der Waals surface area (Å²) >= 11 is 0. The fourth-order valence-corrected chi connectivity index (χ4v) is 9.59. The molecule has 4 aliphatic rings. The molecule has 2 aromatic heterocycles. The van der Waals surface area contributed by atoms with Gasteiger partial charge in [0.25, 0.3) is 0 Å². The number of fused-ring (bicyclic) bond motifs is 3. The number of rotatable bonds is 8. The number of imidazole rings is 2. The number of H-pyrrole nitrogens is 2. The third-order valence-electron chi connectivity index (χ3n) is 12.8. The van der Waals surface area contributed by atoms with Crippen molar-refractivity contribution in [3.8, 4) is 33.6 Å². The molecule has 0 unspecified atom stereocenters. The number of benzene rings is 3. The zero-order chi connectivity index (χ0) is 40.5. The Morgan fingerprint density at radius 1 is 0.845 bits per heavy atom. The van der Waals surface area contributed by atoms with Crippen LogP contribution in [0.15, 0.2) is 73.1 Å². The summed E-state index contributed by atoms with van der Waals surface area (Å²) in [6, 6.07) is 20.7. The Labute approximate surface area is 339 Å². The van der Waals surface area contributed by atoms with Gasteiger partial charge >= 0.3 is 12.2 Å². The number of piperidine rings is 1. The van der Waals surface area contributed by atoms with Crippen LogP contribution in [0.4, 0.5) is 9.59 Å². The van der Waals surface area contributed by atoms with Gasteiger partial charge in [0.05, 0.1) is 43.0 Å². The highest BCUT2D eigenvalue weighted by Gasteiger charge is 2.55. The first-order chi connectivity index (χ1) is 27.8. The highest BCUT2D eigenvalue weighted by molar-refractivity contribution is 5.91. The van der Waals surface area contributed by atoms with Gasteiger partial charge in [0.2, 0.25) is 5.91 Å². The number of carbonyl (C=O) groups is 3. The monoisotopic (exact) mass is 783 g/mol. The number of nitrogens with zero attached hydrogens (tertiary/aromatic N) is 4. The second-order valence-corrected chi connectivity index (χ2v) is 18.3. The van der Waals surface area contributed by atoms with Gasteiger partial charge in [0.1, 0.15) is 23.3 Å². The molecular formula is C46H53N7O5. The first-order valence-corrected chi connectivity index (χ1v) is 20.7. The average molecular weight is 784 g/mol. The quantitative estimate of drug-likeness (QED) is 0.142. The van der Waals surface area contributed by atoms with Crippen LogP contribution in [-0.4, -0.2) is 79.2 Å². The number of nitrogens with one attached hydrogen (secondary N) is 3. The Balaban J connectivity index is 0.897. The molecule has 58 heavy (non-hydrogen) atoms. The van der Waals surface area contributed by atoms with Crippen LogP contribution in [0.2, 0.25) is 0 Å². The maximum absolute atomic E-state index is 13.9. The van der Waals surface area contributed by atoms with E-state index in [1.165, 1.54) is 7.11 Å². The van der Waals surface area contributed by atoms with Crippen LogP contribution in [-0.2, 0) is 14.3 Å². The van der Waals surface area contributed by atoms with Crippen LogP contribution in [0.5, 0.6) is 0 Å². The van der Waals surface area contributed by atoms with Crippen LogP contribution in [0.1, 0.15) is 96.9 Å². The summed E-state index contributed by atoms with van der Waals surface area (Å²) in [7, 11) is 1.31. The van der Waals surface area contributed by atoms with E-state index in [0.717, 1.165) is 94.6 Å². The molecule has 2 saturated carbocycles. The van der Waals surface area contributed by atoms with E-state index in [4.69, 9.17) is 19.4 Å². The fourth-order valence-electron chi connectivity index (χ4n) is 9.59. The molecule has 0 radical (unpaired) electrons. The van der Waals surface area contributed by atoms with Crippen molar-refractivity contribution in [2.45, 2.75) is 103 Å². The lowest BCUT2D eigenvalue weighted by atomic mass is 9.98. The van der Waals surface area contributed by atoms with Crippen molar-refractivity contribution in [3.05, 3.63) is 84.7 Å². The number of hydrogen-bond donors (Lipinski definition) is 3. The number of amides is 3. The zero-order valence-corrected chi connectivity index (χ0v) is 34.2. The normalized spacial score (nSPS) is 22.5. The van der Waals surface area contributed by atoms with E-state index in [0.29, 0.717) is 12.5 Å². The molecule has 3 N–H and O–H groups in total. The number of ether oxygens (including phenoxy) is 2. The molecule has 2 aliphatic carbocycles. The predicted molar refractivity (Wildman–Crippen MR) is 221 cm³/mol. The molecule has 3 aromatic carbocycles. The summed E-state index contributed by atoms with van der Waals surface area (Å²) < 4.78 is 10.6. The van der Waals surface area contributed by atoms with E-state index in [9.17, 15) is 14.4 Å². The number of methoxy groups -OCH3 is 1. The molecule has 1 spiro atoms. The Hall–Kier alpha value is -5.65. The molecule has 12 nitrogen and oxygen atoms in total. The SMILES string of the molecule is COC(=O)N[C@H](C(=O)N1CC2(CC2)C[C@H]1c1ncc(-c2ccc3cc(-c4ccc(-c5cnc([C@@H]6[C@@H]7CC[C@H](C7)N6C(=O)OC(C)(C)C)[nH]5)cc4)ccc3c2)[nH]1)C(C)C. The lowest BCUT2D eigenvalue weighted by Gasteiger charge is -2.35. The molecule has 12 heteroatoms. The summed E-state index contributed by atoms with van der Waals surface area (Å²) in [5, 5.41) is 5.00. The first kappa shape index (κ1) is 37.9.